The van der Waals surface area contributed by atoms with Gasteiger partial charge in [0.2, 0.25) is 0 Å². The van der Waals surface area contributed by atoms with Crippen molar-refractivity contribution in [1.29, 1.82) is 0 Å². The molecule has 15 heavy (non-hydrogen) atoms. The molecule has 0 saturated heterocycles. The predicted octanol–water partition coefficient (Wildman–Crippen LogP) is 2.22. The van der Waals surface area contributed by atoms with E-state index in [4.69, 9.17) is 5.73 Å². The number of aryl methyl sites for hydroxylation is 2. The lowest BCUT2D eigenvalue weighted by Gasteiger charge is -2.06. The summed E-state index contributed by atoms with van der Waals surface area (Å²) in [4.78, 5) is 4.63. The van der Waals surface area contributed by atoms with Gasteiger partial charge in [-0.2, -0.15) is 0 Å². The van der Waals surface area contributed by atoms with Crippen LogP contribution in [0, 0.1) is 6.92 Å². The first-order valence-electron chi connectivity index (χ1n) is 5.37. The van der Waals surface area contributed by atoms with Crippen molar-refractivity contribution in [2.75, 3.05) is 0 Å². The van der Waals surface area contributed by atoms with Crippen molar-refractivity contribution < 1.29 is 0 Å². The van der Waals surface area contributed by atoms with Crippen LogP contribution in [-0.2, 0) is 6.42 Å². The zero-order valence-electron chi connectivity index (χ0n) is 9.49. The highest BCUT2D eigenvalue weighted by molar-refractivity contribution is 5.52. The van der Waals surface area contributed by atoms with Crippen LogP contribution >= 0.6 is 0 Å². The molecule has 80 valence electrons. The van der Waals surface area contributed by atoms with E-state index < -0.39 is 0 Å². The standard InChI is InChI=1S/C12H17N3/c1-4-11-9(3)15-7-5-6-10(8(2)13)12(15)14-11/h5-8H,4,13H2,1-3H3. The maximum atomic E-state index is 5.93. The highest BCUT2D eigenvalue weighted by Crippen LogP contribution is 2.19. The van der Waals surface area contributed by atoms with Gasteiger partial charge in [0.25, 0.3) is 0 Å². The smallest absolute Gasteiger partial charge is 0.142 e. The first-order valence-corrected chi connectivity index (χ1v) is 5.37. The molecule has 0 amide bonds. The average molecular weight is 203 g/mol. The summed E-state index contributed by atoms with van der Waals surface area (Å²) in [6, 6.07) is 4.10. The third-order valence-electron chi connectivity index (χ3n) is 2.84. The number of nitrogens with two attached hydrogens (primary N) is 1. The maximum absolute atomic E-state index is 5.93. The van der Waals surface area contributed by atoms with E-state index in [0.29, 0.717) is 0 Å². The number of imidazole rings is 1. The summed E-state index contributed by atoms with van der Waals surface area (Å²) in [5.74, 6) is 0. The van der Waals surface area contributed by atoms with Gasteiger partial charge >= 0.3 is 0 Å². The summed E-state index contributed by atoms with van der Waals surface area (Å²) in [6.45, 7) is 6.22. The lowest BCUT2D eigenvalue weighted by Crippen LogP contribution is -2.07. The second kappa shape index (κ2) is 3.66. The van der Waals surface area contributed by atoms with E-state index in [1.165, 1.54) is 5.69 Å². The van der Waals surface area contributed by atoms with E-state index in [1.54, 1.807) is 0 Å². The molecule has 2 heterocycles. The summed E-state index contributed by atoms with van der Waals surface area (Å²) >= 11 is 0. The molecule has 0 aromatic carbocycles. The van der Waals surface area contributed by atoms with Crippen LogP contribution in [0.25, 0.3) is 5.65 Å². The van der Waals surface area contributed by atoms with Crippen LogP contribution in [0.3, 0.4) is 0 Å². The largest absolute Gasteiger partial charge is 0.324 e. The molecule has 2 aromatic heterocycles. The minimum Gasteiger partial charge on any atom is -0.324 e. The van der Waals surface area contributed by atoms with Gasteiger partial charge in [0, 0.05) is 23.5 Å². The molecule has 2 rings (SSSR count). The molecule has 0 bridgehead atoms. The topological polar surface area (TPSA) is 43.3 Å². The van der Waals surface area contributed by atoms with Crippen LogP contribution in [0.5, 0.6) is 0 Å². The number of aromatic nitrogens is 2. The highest BCUT2D eigenvalue weighted by Gasteiger charge is 2.11. The number of pyridine rings is 1. The van der Waals surface area contributed by atoms with Crippen molar-refractivity contribution in [2.45, 2.75) is 33.2 Å². The van der Waals surface area contributed by atoms with Crippen LogP contribution in [0.4, 0.5) is 0 Å². The first-order chi connectivity index (χ1) is 7.15. The molecule has 2 aromatic rings. The van der Waals surface area contributed by atoms with E-state index in [1.807, 2.05) is 25.3 Å². The van der Waals surface area contributed by atoms with Crippen molar-refractivity contribution in [1.82, 2.24) is 9.38 Å². The number of fused-ring (bicyclic) bond motifs is 1. The van der Waals surface area contributed by atoms with Gasteiger partial charge in [-0.15, -0.1) is 0 Å². The Morgan fingerprint density at radius 1 is 1.53 bits per heavy atom. The van der Waals surface area contributed by atoms with Crippen molar-refractivity contribution in [3.8, 4) is 0 Å². The van der Waals surface area contributed by atoms with E-state index in [9.17, 15) is 0 Å². The van der Waals surface area contributed by atoms with Gasteiger partial charge in [-0.05, 0) is 26.3 Å². The Balaban J connectivity index is 2.76. The number of hydrogen-bond donors (Lipinski definition) is 1. The summed E-state index contributed by atoms with van der Waals surface area (Å²) in [7, 11) is 0. The lowest BCUT2D eigenvalue weighted by molar-refractivity contribution is 0.815. The predicted molar refractivity (Wildman–Crippen MR) is 61.9 cm³/mol. The zero-order chi connectivity index (χ0) is 11.0. The Labute approximate surface area is 89.9 Å². The fraction of sp³-hybridized carbons (Fsp3) is 0.417. The molecule has 1 unspecified atom stereocenters. The van der Waals surface area contributed by atoms with E-state index in [-0.39, 0.29) is 6.04 Å². The molecule has 0 aliphatic rings. The van der Waals surface area contributed by atoms with Crippen LogP contribution < -0.4 is 5.73 Å². The number of hydrogen-bond acceptors (Lipinski definition) is 2. The Morgan fingerprint density at radius 3 is 2.87 bits per heavy atom. The molecular weight excluding hydrogens is 186 g/mol. The number of nitrogens with zero attached hydrogens (tertiary/aromatic N) is 2. The zero-order valence-corrected chi connectivity index (χ0v) is 9.49. The summed E-state index contributed by atoms with van der Waals surface area (Å²) in [5.41, 5.74) is 10.4. The highest BCUT2D eigenvalue weighted by atomic mass is 15.0. The van der Waals surface area contributed by atoms with Gasteiger partial charge in [0.1, 0.15) is 5.65 Å². The molecule has 1 atom stereocenters. The fourth-order valence-corrected chi connectivity index (χ4v) is 1.94. The third-order valence-corrected chi connectivity index (χ3v) is 2.84. The van der Waals surface area contributed by atoms with E-state index in [2.05, 4.69) is 23.2 Å². The first kappa shape index (κ1) is 10.2. The van der Waals surface area contributed by atoms with Gasteiger partial charge in [0.05, 0.1) is 5.69 Å². The quantitative estimate of drug-likeness (QED) is 0.813. The normalized spacial score (nSPS) is 13.3. The minimum atomic E-state index is 0.0280. The molecule has 3 heteroatoms. The van der Waals surface area contributed by atoms with E-state index >= 15 is 0 Å². The fourth-order valence-electron chi connectivity index (χ4n) is 1.94. The molecule has 0 aliphatic heterocycles. The molecule has 0 spiro atoms. The Kier molecular flexibility index (Phi) is 2.49. The van der Waals surface area contributed by atoms with Gasteiger partial charge < -0.3 is 10.1 Å². The van der Waals surface area contributed by atoms with Crippen molar-refractivity contribution in [3.63, 3.8) is 0 Å². The molecule has 0 fully saturated rings. The average Bonchev–Trinajstić information content (AvgIpc) is 2.55. The molecule has 3 nitrogen and oxygen atoms in total. The van der Waals surface area contributed by atoms with Crippen molar-refractivity contribution >= 4 is 5.65 Å². The van der Waals surface area contributed by atoms with Gasteiger partial charge in [0.15, 0.2) is 0 Å². The second-order valence-electron chi connectivity index (χ2n) is 3.94. The van der Waals surface area contributed by atoms with Gasteiger partial charge in [-0.3, -0.25) is 0 Å². The van der Waals surface area contributed by atoms with Gasteiger partial charge in [-0.1, -0.05) is 13.0 Å². The molecule has 0 aliphatic carbocycles. The van der Waals surface area contributed by atoms with E-state index in [0.717, 1.165) is 23.3 Å². The SMILES string of the molecule is CCc1nc2c(C(C)N)cccn2c1C. The molecule has 0 saturated carbocycles. The van der Waals surface area contributed by atoms with Crippen LogP contribution in [0.2, 0.25) is 0 Å². The van der Waals surface area contributed by atoms with Crippen LogP contribution in [0.15, 0.2) is 18.3 Å². The van der Waals surface area contributed by atoms with Crippen LogP contribution in [0.1, 0.15) is 36.8 Å². The summed E-state index contributed by atoms with van der Waals surface area (Å²) in [6.07, 6.45) is 3.01. The molecule has 0 radical (unpaired) electrons. The van der Waals surface area contributed by atoms with Gasteiger partial charge in [-0.25, -0.2) is 4.98 Å². The van der Waals surface area contributed by atoms with Crippen LogP contribution in [-0.4, -0.2) is 9.38 Å². The maximum Gasteiger partial charge on any atom is 0.142 e. The summed E-state index contributed by atoms with van der Waals surface area (Å²) in [5, 5.41) is 0. The molecule has 2 N–H and O–H groups in total. The second-order valence-corrected chi connectivity index (χ2v) is 3.94. The third kappa shape index (κ3) is 1.53. The minimum absolute atomic E-state index is 0.0280. The Bertz CT molecular complexity index is 483. The lowest BCUT2D eigenvalue weighted by atomic mass is 10.1. The Hall–Kier alpha value is -1.35. The van der Waals surface area contributed by atoms with Crippen molar-refractivity contribution in [3.05, 3.63) is 35.3 Å². The number of rotatable bonds is 2. The monoisotopic (exact) mass is 203 g/mol. The van der Waals surface area contributed by atoms with Crippen molar-refractivity contribution in [2.24, 2.45) is 5.73 Å². The summed E-state index contributed by atoms with van der Waals surface area (Å²) < 4.78 is 2.12. The molecular formula is C12H17N3. The Morgan fingerprint density at radius 2 is 2.27 bits per heavy atom.